The number of halogens is 3. The average Bonchev–Trinajstić information content (AvgIpc) is 2.76. The zero-order valence-electron chi connectivity index (χ0n) is 10.1. The predicted molar refractivity (Wildman–Crippen MR) is 69.1 cm³/mol. The number of nitrogens with zero attached hydrogens (tertiary/aromatic N) is 1. The summed E-state index contributed by atoms with van der Waals surface area (Å²) in [6.45, 7) is 0.515. The van der Waals surface area contributed by atoms with Gasteiger partial charge in [-0.2, -0.15) is 13.2 Å². The SMILES string of the molecule is NCCc1cnc(Cc2ccccc2C(F)(F)F)s1. The molecule has 0 saturated heterocycles. The molecule has 6 heteroatoms. The third-order valence-electron chi connectivity index (χ3n) is 2.66. The maximum Gasteiger partial charge on any atom is 0.416 e. The fourth-order valence-corrected chi connectivity index (χ4v) is 2.76. The summed E-state index contributed by atoms with van der Waals surface area (Å²) in [5.74, 6) is 0. The summed E-state index contributed by atoms with van der Waals surface area (Å²) < 4.78 is 38.5. The molecule has 0 aliphatic carbocycles. The number of hydrogen-bond acceptors (Lipinski definition) is 3. The molecular formula is C13H13F3N2S. The Morgan fingerprint density at radius 2 is 1.95 bits per heavy atom. The quantitative estimate of drug-likeness (QED) is 0.937. The van der Waals surface area contributed by atoms with E-state index in [-0.39, 0.29) is 12.0 Å². The molecule has 0 atom stereocenters. The largest absolute Gasteiger partial charge is 0.416 e. The molecule has 0 fully saturated rings. The Morgan fingerprint density at radius 1 is 1.21 bits per heavy atom. The van der Waals surface area contributed by atoms with Crippen molar-refractivity contribution < 1.29 is 13.2 Å². The van der Waals surface area contributed by atoms with Crippen molar-refractivity contribution in [1.82, 2.24) is 4.98 Å². The number of alkyl halides is 3. The molecular weight excluding hydrogens is 273 g/mol. The Labute approximate surface area is 113 Å². The van der Waals surface area contributed by atoms with Crippen LogP contribution in [-0.4, -0.2) is 11.5 Å². The predicted octanol–water partition coefficient (Wildman–Crippen LogP) is 3.25. The zero-order chi connectivity index (χ0) is 13.9. The smallest absolute Gasteiger partial charge is 0.330 e. The van der Waals surface area contributed by atoms with E-state index in [1.165, 1.54) is 23.5 Å². The molecule has 0 aliphatic heterocycles. The standard InChI is InChI=1S/C13H13F3N2S/c14-13(15,16)11-4-2-1-3-9(11)7-12-18-8-10(19-12)5-6-17/h1-4,8H,5-7,17H2. The Hall–Kier alpha value is -1.40. The highest BCUT2D eigenvalue weighted by atomic mass is 32.1. The maximum atomic E-state index is 12.8. The molecule has 2 aromatic rings. The van der Waals surface area contributed by atoms with Crippen molar-refractivity contribution in [1.29, 1.82) is 0 Å². The van der Waals surface area contributed by atoms with Gasteiger partial charge in [-0.05, 0) is 24.6 Å². The van der Waals surface area contributed by atoms with Crippen molar-refractivity contribution in [3.63, 3.8) is 0 Å². The van der Waals surface area contributed by atoms with Crippen LogP contribution in [0.4, 0.5) is 13.2 Å². The van der Waals surface area contributed by atoms with Crippen LogP contribution in [0.1, 0.15) is 21.0 Å². The third-order valence-corrected chi connectivity index (χ3v) is 3.71. The first-order chi connectivity index (χ1) is 9.00. The van der Waals surface area contributed by atoms with Crippen molar-refractivity contribution in [2.75, 3.05) is 6.54 Å². The van der Waals surface area contributed by atoms with E-state index in [9.17, 15) is 13.2 Å². The van der Waals surface area contributed by atoms with Crippen LogP contribution in [-0.2, 0) is 19.0 Å². The van der Waals surface area contributed by atoms with Gasteiger partial charge < -0.3 is 5.73 Å². The van der Waals surface area contributed by atoms with Gasteiger partial charge in [-0.15, -0.1) is 11.3 Å². The molecule has 19 heavy (non-hydrogen) atoms. The fourth-order valence-electron chi connectivity index (χ4n) is 1.80. The van der Waals surface area contributed by atoms with E-state index in [1.54, 1.807) is 12.3 Å². The molecule has 2 N–H and O–H groups in total. The van der Waals surface area contributed by atoms with Gasteiger partial charge in [0.25, 0.3) is 0 Å². The molecule has 0 saturated carbocycles. The minimum absolute atomic E-state index is 0.199. The lowest BCUT2D eigenvalue weighted by Gasteiger charge is -2.11. The van der Waals surface area contributed by atoms with Crippen LogP contribution in [0.15, 0.2) is 30.5 Å². The van der Waals surface area contributed by atoms with Gasteiger partial charge in [0.1, 0.15) is 0 Å². The Balaban J connectivity index is 2.23. The van der Waals surface area contributed by atoms with Gasteiger partial charge in [-0.3, -0.25) is 0 Å². The van der Waals surface area contributed by atoms with Crippen molar-refractivity contribution >= 4 is 11.3 Å². The summed E-state index contributed by atoms with van der Waals surface area (Å²) in [6, 6.07) is 5.60. The fraction of sp³-hybridized carbons (Fsp3) is 0.308. The van der Waals surface area contributed by atoms with Gasteiger partial charge in [0, 0.05) is 17.5 Å². The molecule has 1 aromatic heterocycles. The Bertz CT molecular complexity index is 549. The van der Waals surface area contributed by atoms with Crippen molar-refractivity contribution in [3.05, 3.63) is 51.5 Å². The highest BCUT2D eigenvalue weighted by Gasteiger charge is 2.32. The van der Waals surface area contributed by atoms with E-state index in [2.05, 4.69) is 4.98 Å². The average molecular weight is 286 g/mol. The van der Waals surface area contributed by atoms with E-state index < -0.39 is 11.7 Å². The number of thiazole rings is 1. The monoisotopic (exact) mass is 286 g/mol. The first-order valence-electron chi connectivity index (χ1n) is 5.79. The van der Waals surface area contributed by atoms with Crippen LogP contribution >= 0.6 is 11.3 Å². The minimum atomic E-state index is -4.33. The van der Waals surface area contributed by atoms with Gasteiger partial charge in [-0.1, -0.05) is 18.2 Å². The van der Waals surface area contributed by atoms with Crippen LogP contribution in [0.3, 0.4) is 0 Å². The lowest BCUT2D eigenvalue weighted by atomic mass is 10.0. The van der Waals surface area contributed by atoms with Crippen LogP contribution in [0, 0.1) is 0 Å². The van der Waals surface area contributed by atoms with Crippen LogP contribution in [0.25, 0.3) is 0 Å². The topological polar surface area (TPSA) is 38.9 Å². The van der Waals surface area contributed by atoms with E-state index in [1.807, 2.05) is 0 Å². The highest BCUT2D eigenvalue weighted by molar-refractivity contribution is 7.11. The highest BCUT2D eigenvalue weighted by Crippen LogP contribution is 2.33. The van der Waals surface area contributed by atoms with E-state index >= 15 is 0 Å². The first-order valence-corrected chi connectivity index (χ1v) is 6.61. The molecule has 2 nitrogen and oxygen atoms in total. The van der Waals surface area contributed by atoms with Gasteiger partial charge in [0.15, 0.2) is 0 Å². The summed E-state index contributed by atoms with van der Waals surface area (Å²) >= 11 is 1.41. The number of hydrogen-bond donors (Lipinski definition) is 1. The van der Waals surface area contributed by atoms with E-state index in [4.69, 9.17) is 5.73 Å². The van der Waals surface area contributed by atoms with Crippen molar-refractivity contribution in [2.24, 2.45) is 5.73 Å². The minimum Gasteiger partial charge on any atom is -0.330 e. The lowest BCUT2D eigenvalue weighted by Crippen LogP contribution is -2.09. The summed E-state index contributed by atoms with van der Waals surface area (Å²) in [5.41, 5.74) is 5.10. The first kappa shape index (κ1) is 14.0. The molecule has 2 rings (SSSR count). The second kappa shape index (κ2) is 5.71. The summed E-state index contributed by atoms with van der Waals surface area (Å²) in [5, 5.41) is 0.681. The van der Waals surface area contributed by atoms with Crippen LogP contribution in [0.2, 0.25) is 0 Å². The van der Waals surface area contributed by atoms with Gasteiger partial charge in [0.2, 0.25) is 0 Å². The van der Waals surface area contributed by atoms with E-state index in [0.717, 1.165) is 10.9 Å². The molecule has 0 unspecified atom stereocenters. The summed E-state index contributed by atoms with van der Waals surface area (Å²) in [4.78, 5) is 5.15. The Kier molecular flexibility index (Phi) is 4.21. The summed E-state index contributed by atoms with van der Waals surface area (Å²) in [7, 11) is 0. The lowest BCUT2D eigenvalue weighted by molar-refractivity contribution is -0.138. The van der Waals surface area contributed by atoms with Gasteiger partial charge in [-0.25, -0.2) is 4.98 Å². The molecule has 0 bridgehead atoms. The zero-order valence-corrected chi connectivity index (χ0v) is 10.9. The molecule has 1 aromatic carbocycles. The normalized spacial score (nSPS) is 11.8. The molecule has 0 aliphatic rings. The number of rotatable bonds is 4. The molecule has 0 radical (unpaired) electrons. The van der Waals surface area contributed by atoms with Gasteiger partial charge >= 0.3 is 6.18 Å². The Morgan fingerprint density at radius 3 is 2.63 bits per heavy atom. The maximum absolute atomic E-state index is 12.8. The number of benzene rings is 1. The molecule has 0 spiro atoms. The third kappa shape index (κ3) is 3.54. The van der Waals surface area contributed by atoms with Crippen molar-refractivity contribution in [3.8, 4) is 0 Å². The van der Waals surface area contributed by atoms with Crippen molar-refractivity contribution in [2.45, 2.75) is 19.0 Å². The second-order valence-corrected chi connectivity index (χ2v) is 5.29. The van der Waals surface area contributed by atoms with E-state index in [0.29, 0.717) is 18.0 Å². The van der Waals surface area contributed by atoms with Crippen LogP contribution < -0.4 is 5.73 Å². The molecule has 1 heterocycles. The molecule has 102 valence electrons. The second-order valence-electron chi connectivity index (χ2n) is 4.09. The number of nitrogens with two attached hydrogens (primary N) is 1. The van der Waals surface area contributed by atoms with Gasteiger partial charge in [0.05, 0.1) is 10.6 Å². The summed E-state index contributed by atoms with van der Waals surface area (Å²) in [6.07, 6.45) is -1.74. The number of aromatic nitrogens is 1. The van der Waals surface area contributed by atoms with Crippen LogP contribution in [0.5, 0.6) is 0 Å². The molecule has 0 amide bonds.